The standard InChI is InChI=1S/C14H9FIN3O3S/c15-8-1-3-9(4-2-8)21-7-12(20)17-14-18-13(19-23-14)10-5-6-11(16)22-10/h1-6H,7H2,(H,17,18,19,20). The summed E-state index contributed by atoms with van der Waals surface area (Å²) in [7, 11) is 0. The van der Waals surface area contributed by atoms with E-state index in [2.05, 4.69) is 14.7 Å². The maximum absolute atomic E-state index is 12.8. The Morgan fingerprint density at radius 3 is 2.78 bits per heavy atom. The third-order valence-corrected chi connectivity index (χ3v) is 3.86. The van der Waals surface area contributed by atoms with Crippen molar-refractivity contribution in [3.05, 3.63) is 46.0 Å². The van der Waals surface area contributed by atoms with Crippen LogP contribution in [0.2, 0.25) is 0 Å². The maximum atomic E-state index is 12.8. The lowest BCUT2D eigenvalue weighted by Crippen LogP contribution is -2.20. The number of furan rings is 1. The monoisotopic (exact) mass is 445 g/mol. The molecule has 1 amide bonds. The van der Waals surface area contributed by atoms with Gasteiger partial charge in [0.1, 0.15) is 11.6 Å². The van der Waals surface area contributed by atoms with Crippen molar-refractivity contribution in [3.63, 3.8) is 0 Å². The van der Waals surface area contributed by atoms with Gasteiger partial charge in [0, 0.05) is 11.5 Å². The fourth-order valence-electron chi connectivity index (χ4n) is 1.64. The van der Waals surface area contributed by atoms with Crippen LogP contribution in [-0.4, -0.2) is 21.9 Å². The number of rotatable bonds is 5. The van der Waals surface area contributed by atoms with Gasteiger partial charge in [-0.25, -0.2) is 4.39 Å². The lowest BCUT2D eigenvalue weighted by molar-refractivity contribution is -0.118. The highest BCUT2D eigenvalue weighted by molar-refractivity contribution is 14.1. The van der Waals surface area contributed by atoms with Gasteiger partial charge in [-0.15, -0.1) is 0 Å². The summed E-state index contributed by atoms with van der Waals surface area (Å²) in [6.45, 7) is -0.209. The quantitative estimate of drug-likeness (QED) is 0.608. The third-order valence-electron chi connectivity index (χ3n) is 2.65. The highest BCUT2D eigenvalue weighted by Crippen LogP contribution is 2.23. The first kappa shape index (κ1) is 15.9. The molecule has 23 heavy (non-hydrogen) atoms. The van der Waals surface area contributed by atoms with E-state index in [1.54, 1.807) is 12.1 Å². The molecule has 0 atom stereocenters. The van der Waals surface area contributed by atoms with E-state index in [9.17, 15) is 9.18 Å². The number of nitrogens with one attached hydrogen (secondary N) is 1. The zero-order valence-corrected chi connectivity index (χ0v) is 14.4. The zero-order valence-electron chi connectivity index (χ0n) is 11.5. The number of carbonyl (C=O) groups is 1. The minimum Gasteiger partial charge on any atom is -0.484 e. The molecular weight excluding hydrogens is 436 g/mol. The molecule has 2 heterocycles. The minimum absolute atomic E-state index is 0.209. The number of ether oxygens (including phenoxy) is 1. The number of hydrogen-bond acceptors (Lipinski definition) is 6. The molecule has 3 rings (SSSR count). The Morgan fingerprint density at radius 1 is 1.30 bits per heavy atom. The molecule has 2 aromatic heterocycles. The maximum Gasteiger partial charge on any atom is 0.264 e. The Hall–Kier alpha value is -2.01. The van der Waals surface area contributed by atoms with Crippen molar-refractivity contribution in [1.82, 2.24) is 9.36 Å². The molecule has 0 aliphatic rings. The number of aromatic nitrogens is 2. The molecule has 0 saturated carbocycles. The van der Waals surface area contributed by atoms with Gasteiger partial charge < -0.3 is 9.15 Å². The van der Waals surface area contributed by atoms with E-state index < -0.39 is 0 Å². The SMILES string of the molecule is O=C(COc1ccc(F)cc1)Nc1nc(-c2ccc(I)o2)ns1. The average molecular weight is 445 g/mol. The Balaban J connectivity index is 1.56. The Morgan fingerprint density at radius 2 is 2.09 bits per heavy atom. The van der Waals surface area contributed by atoms with Crippen molar-refractivity contribution in [2.45, 2.75) is 0 Å². The highest BCUT2D eigenvalue weighted by atomic mass is 127. The molecule has 0 aliphatic heterocycles. The Kier molecular flexibility index (Phi) is 4.86. The molecule has 0 saturated heterocycles. The average Bonchev–Trinajstić information content (AvgIpc) is 3.16. The Labute approximate surface area is 148 Å². The summed E-state index contributed by atoms with van der Waals surface area (Å²) in [5.74, 6) is 0.605. The predicted molar refractivity (Wildman–Crippen MR) is 90.9 cm³/mol. The van der Waals surface area contributed by atoms with Crippen LogP contribution in [0.5, 0.6) is 5.75 Å². The van der Waals surface area contributed by atoms with Gasteiger partial charge in [-0.05, 0) is 59.0 Å². The number of carbonyl (C=O) groups excluding carboxylic acids is 1. The number of anilines is 1. The topological polar surface area (TPSA) is 77.2 Å². The van der Waals surface area contributed by atoms with Crippen molar-refractivity contribution in [3.8, 4) is 17.3 Å². The van der Waals surface area contributed by atoms with E-state index in [1.807, 2.05) is 22.6 Å². The zero-order chi connectivity index (χ0) is 16.2. The molecule has 6 nitrogen and oxygen atoms in total. The van der Waals surface area contributed by atoms with E-state index in [0.717, 1.165) is 15.3 Å². The second kappa shape index (κ2) is 7.04. The fraction of sp³-hybridized carbons (Fsp3) is 0.0714. The van der Waals surface area contributed by atoms with Gasteiger partial charge in [0.2, 0.25) is 11.0 Å². The molecular formula is C14H9FIN3O3S. The molecule has 0 spiro atoms. The van der Waals surface area contributed by atoms with Crippen LogP contribution in [0.4, 0.5) is 9.52 Å². The van der Waals surface area contributed by atoms with Gasteiger partial charge in [0.05, 0.1) is 0 Å². The van der Waals surface area contributed by atoms with E-state index in [1.165, 1.54) is 24.3 Å². The molecule has 0 bridgehead atoms. The van der Waals surface area contributed by atoms with E-state index in [0.29, 0.717) is 22.5 Å². The van der Waals surface area contributed by atoms with Gasteiger partial charge in [-0.1, -0.05) is 0 Å². The molecule has 3 aromatic rings. The molecule has 1 aromatic carbocycles. The molecule has 0 fully saturated rings. The summed E-state index contributed by atoms with van der Waals surface area (Å²) < 4.78 is 28.3. The number of nitrogens with zero attached hydrogens (tertiary/aromatic N) is 2. The van der Waals surface area contributed by atoms with Crippen LogP contribution in [-0.2, 0) is 4.79 Å². The van der Waals surface area contributed by atoms with Crippen molar-refractivity contribution in [2.24, 2.45) is 0 Å². The van der Waals surface area contributed by atoms with E-state index in [4.69, 9.17) is 9.15 Å². The molecule has 0 radical (unpaired) electrons. The second-order valence-electron chi connectivity index (χ2n) is 4.32. The summed E-state index contributed by atoms with van der Waals surface area (Å²) in [4.78, 5) is 16.0. The van der Waals surface area contributed by atoms with E-state index in [-0.39, 0.29) is 18.3 Å². The van der Waals surface area contributed by atoms with Crippen molar-refractivity contribution in [2.75, 3.05) is 11.9 Å². The lowest BCUT2D eigenvalue weighted by atomic mass is 10.3. The number of halogens is 2. The summed E-state index contributed by atoms with van der Waals surface area (Å²) in [6.07, 6.45) is 0. The van der Waals surface area contributed by atoms with Gasteiger partial charge in [-0.2, -0.15) is 9.36 Å². The van der Waals surface area contributed by atoms with Crippen molar-refractivity contribution < 1.29 is 18.3 Å². The smallest absolute Gasteiger partial charge is 0.264 e. The van der Waals surface area contributed by atoms with Crippen LogP contribution >= 0.6 is 34.1 Å². The van der Waals surface area contributed by atoms with Gasteiger partial charge in [0.15, 0.2) is 16.1 Å². The molecule has 0 unspecified atom stereocenters. The minimum atomic E-state index is -0.383. The molecule has 118 valence electrons. The number of hydrogen-bond donors (Lipinski definition) is 1. The molecule has 1 N–H and O–H groups in total. The normalized spacial score (nSPS) is 10.5. The first-order valence-corrected chi connectivity index (χ1v) is 8.23. The molecule has 9 heteroatoms. The summed E-state index contributed by atoms with van der Waals surface area (Å²) in [5, 5.41) is 2.93. The lowest BCUT2D eigenvalue weighted by Gasteiger charge is -2.05. The summed E-state index contributed by atoms with van der Waals surface area (Å²) in [5.41, 5.74) is 0. The van der Waals surface area contributed by atoms with Gasteiger partial charge >= 0.3 is 0 Å². The van der Waals surface area contributed by atoms with Crippen molar-refractivity contribution in [1.29, 1.82) is 0 Å². The number of amides is 1. The Bertz CT molecular complexity index is 819. The number of benzene rings is 1. The van der Waals surface area contributed by atoms with Crippen LogP contribution in [0.1, 0.15) is 0 Å². The van der Waals surface area contributed by atoms with E-state index >= 15 is 0 Å². The first-order chi connectivity index (χ1) is 11.1. The van der Waals surface area contributed by atoms with Crippen molar-refractivity contribution >= 4 is 45.2 Å². The predicted octanol–water partition coefficient (Wildman–Crippen LogP) is 3.56. The largest absolute Gasteiger partial charge is 0.484 e. The fourth-order valence-corrected chi connectivity index (χ4v) is 2.65. The first-order valence-electron chi connectivity index (χ1n) is 6.38. The second-order valence-corrected chi connectivity index (χ2v) is 6.13. The van der Waals surface area contributed by atoms with Gasteiger partial charge in [0.25, 0.3) is 5.91 Å². The van der Waals surface area contributed by atoms with Gasteiger partial charge in [-0.3, -0.25) is 10.1 Å². The highest BCUT2D eigenvalue weighted by Gasteiger charge is 2.12. The summed E-state index contributed by atoms with van der Waals surface area (Å²) >= 11 is 3.09. The van der Waals surface area contributed by atoms with Crippen LogP contribution in [0, 0.1) is 9.58 Å². The summed E-state index contributed by atoms with van der Waals surface area (Å²) in [6, 6.07) is 8.97. The van der Waals surface area contributed by atoms with Crippen LogP contribution in [0.15, 0.2) is 40.8 Å². The molecule has 0 aliphatic carbocycles. The third kappa shape index (κ3) is 4.26. The van der Waals surface area contributed by atoms with Crippen LogP contribution < -0.4 is 10.1 Å². The van der Waals surface area contributed by atoms with Crippen LogP contribution in [0.3, 0.4) is 0 Å². The van der Waals surface area contributed by atoms with Crippen LogP contribution in [0.25, 0.3) is 11.6 Å².